The highest BCUT2D eigenvalue weighted by molar-refractivity contribution is 7.99. The molecule has 2 aromatic carbocycles. The molecule has 6 nitrogen and oxygen atoms in total. The minimum atomic E-state index is -0.128. The summed E-state index contributed by atoms with van der Waals surface area (Å²) >= 11 is 1.50. The molecule has 3 rings (SSSR count). The number of anilines is 1. The summed E-state index contributed by atoms with van der Waals surface area (Å²) in [6, 6.07) is 17.2. The SMILES string of the molecule is CCn1c(SCCC(=O)Nc2ccccc2C#N)nnc1-c1cccc(C)c1. The van der Waals surface area contributed by atoms with E-state index in [0.29, 0.717) is 23.4 Å². The summed E-state index contributed by atoms with van der Waals surface area (Å²) in [6.07, 6.45) is 0.320. The molecule has 28 heavy (non-hydrogen) atoms. The Morgan fingerprint density at radius 3 is 2.79 bits per heavy atom. The normalized spacial score (nSPS) is 10.5. The van der Waals surface area contributed by atoms with E-state index in [2.05, 4.69) is 52.1 Å². The van der Waals surface area contributed by atoms with E-state index >= 15 is 0 Å². The van der Waals surface area contributed by atoms with Gasteiger partial charge in [-0.3, -0.25) is 4.79 Å². The van der Waals surface area contributed by atoms with Gasteiger partial charge in [0.2, 0.25) is 5.91 Å². The van der Waals surface area contributed by atoms with Gasteiger partial charge >= 0.3 is 0 Å². The Morgan fingerprint density at radius 2 is 2.04 bits per heavy atom. The monoisotopic (exact) mass is 391 g/mol. The summed E-state index contributed by atoms with van der Waals surface area (Å²) in [5, 5.41) is 21.3. The fourth-order valence-corrected chi connectivity index (χ4v) is 3.76. The van der Waals surface area contributed by atoms with Gasteiger partial charge in [-0.05, 0) is 32.0 Å². The molecule has 0 saturated carbocycles. The van der Waals surface area contributed by atoms with Crippen molar-refractivity contribution in [2.75, 3.05) is 11.1 Å². The predicted octanol–water partition coefficient (Wildman–Crippen LogP) is 4.27. The highest BCUT2D eigenvalue weighted by Crippen LogP contribution is 2.25. The maximum absolute atomic E-state index is 12.2. The van der Waals surface area contributed by atoms with Gasteiger partial charge in [-0.25, -0.2) is 0 Å². The van der Waals surface area contributed by atoms with Gasteiger partial charge < -0.3 is 9.88 Å². The van der Waals surface area contributed by atoms with Crippen molar-refractivity contribution in [2.45, 2.75) is 32.0 Å². The molecule has 0 radical (unpaired) electrons. The number of nitriles is 1. The number of thioether (sulfide) groups is 1. The van der Waals surface area contributed by atoms with Gasteiger partial charge in [0.15, 0.2) is 11.0 Å². The first-order valence-electron chi connectivity index (χ1n) is 9.04. The molecule has 1 N–H and O–H groups in total. The van der Waals surface area contributed by atoms with E-state index in [4.69, 9.17) is 5.26 Å². The second kappa shape index (κ2) is 9.20. The van der Waals surface area contributed by atoms with Crippen LogP contribution in [0.1, 0.15) is 24.5 Å². The molecule has 1 heterocycles. The molecule has 3 aromatic rings. The number of rotatable bonds is 7. The Labute approximate surface area is 168 Å². The number of benzene rings is 2. The average Bonchev–Trinajstić information content (AvgIpc) is 3.11. The summed E-state index contributed by atoms with van der Waals surface area (Å²) in [5.74, 6) is 1.28. The Hall–Kier alpha value is -3.11. The largest absolute Gasteiger partial charge is 0.325 e. The minimum Gasteiger partial charge on any atom is -0.325 e. The Morgan fingerprint density at radius 1 is 1.21 bits per heavy atom. The first kappa shape index (κ1) is 19.6. The third kappa shape index (κ3) is 4.59. The summed E-state index contributed by atoms with van der Waals surface area (Å²) in [6.45, 7) is 4.85. The van der Waals surface area contributed by atoms with Crippen molar-refractivity contribution in [1.29, 1.82) is 5.26 Å². The van der Waals surface area contributed by atoms with Crippen LogP contribution >= 0.6 is 11.8 Å². The standard InChI is InChI=1S/C21H21N5OS/c1-3-26-20(16-9-6-7-15(2)13-16)24-25-21(26)28-12-11-19(27)23-18-10-5-4-8-17(18)14-22/h4-10,13H,3,11-12H2,1-2H3,(H,23,27). The topological polar surface area (TPSA) is 83.6 Å². The van der Waals surface area contributed by atoms with Crippen LogP contribution in [0.5, 0.6) is 0 Å². The van der Waals surface area contributed by atoms with Crippen molar-refractivity contribution >= 4 is 23.4 Å². The zero-order valence-corrected chi connectivity index (χ0v) is 16.7. The van der Waals surface area contributed by atoms with Crippen molar-refractivity contribution in [1.82, 2.24) is 14.8 Å². The number of hydrogen-bond acceptors (Lipinski definition) is 5. The molecule has 142 valence electrons. The molecule has 0 aliphatic heterocycles. The van der Waals surface area contributed by atoms with Crippen LogP contribution in [0, 0.1) is 18.3 Å². The Kier molecular flexibility index (Phi) is 6.45. The molecule has 7 heteroatoms. The highest BCUT2D eigenvalue weighted by Gasteiger charge is 2.14. The summed E-state index contributed by atoms with van der Waals surface area (Å²) in [7, 11) is 0. The first-order valence-corrected chi connectivity index (χ1v) is 10.0. The fourth-order valence-electron chi connectivity index (χ4n) is 2.82. The van der Waals surface area contributed by atoms with Crippen LogP contribution in [0.4, 0.5) is 5.69 Å². The third-order valence-corrected chi connectivity index (χ3v) is 5.16. The maximum atomic E-state index is 12.2. The first-order chi connectivity index (χ1) is 13.6. The quantitative estimate of drug-likeness (QED) is 0.608. The van der Waals surface area contributed by atoms with E-state index in [1.807, 2.05) is 12.1 Å². The van der Waals surface area contributed by atoms with Crippen molar-refractivity contribution in [3.63, 3.8) is 0 Å². The van der Waals surface area contributed by atoms with Crippen LogP contribution in [0.3, 0.4) is 0 Å². The molecule has 0 fully saturated rings. The Bertz CT molecular complexity index is 1020. The second-order valence-corrected chi connectivity index (χ2v) is 7.29. The average molecular weight is 392 g/mol. The molecule has 0 unspecified atom stereocenters. The van der Waals surface area contributed by atoms with Gasteiger partial charge in [-0.15, -0.1) is 10.2 Å². The van der Waals surface area contributed by atoms with Crippen LogP contribution in [-0.2, 0) is 11.3 Å². The molecule has 1 aromatic heterocycles. The highest BCUT2D eigenvalue weighted by atomic mass is 32.2. The number of hydrogen-bond donors (Lipinski definition) is 1. The molecule has 0 spiro atoms. The van der Waals surface area contributed by atoms with Gasteiger partial charge in [-0.2, -0.15) is 5.26 Å². The maximum Gasteiger partial charge on any atom is 0.225 e. The lowest BCUT2D eigenvalue weighted by Crippen LogP contribution is -2.13. The lowest BCUT2D eigenvalue weighted by Gasteiger charge is -2.08. The van der Waals surface area contributed by atoms with Crippen molar-refractivity contribution in [2.24, 2.45) is 0 Å². The number of nitrogens with one attached hydrogen (secondary N) is 1. The van der Waals surface area contributed by atoms with Gasteiger partial charge in [0.25, 0.3) is 0 Å². The zero-order valence-electron chi connectivity index (χ0n) is 15.8. The lowest BCUT2D eigenvalue weighted by atomic mass is 10.1. The summed E-state index contributed by atoms with van der Waals surface area (Å²) in [5.41, 5.74) is 3.20. The summed E-state index contributed by atoms with van der Waals surface area (Å²) < 4.78 is 2.06. The fraction of sp³-hybridized carbons (Fsp3) is 0.238. The van der Waals surface area contributed by atoms with Crippen molar-refractivity contribution in [3.05, 3.63) is 59.7 Å². The molecule has 0 atom stereocenters. The molecular weight excluding hydrogens is 370 g/mol. The second-order valence-electron chi connectivity index (χ2n) is 6.22. The molecule has 0 saturated heterocycles. The van der Waals surface area contributed by atoms with E-state index < -0.39 is 0 Å². The van der Waals surface area contributed by atoms with Crippen LogP contribution < -0.4 is 5.32 Å². The number of aryl methyl sites for hydroxylation is 1. The van der Waals surface area contributed by atoms with Gasteiger partial charge in [0.1, 0.15) is 6.07 Å². The molecule has 1 amide bonds. The zero-order chi connectivity index (χ0) is 19.9. The van der Waals surface area contributed by atoms with Crippen LogP contribution in [0.15, 0.2) is 53.7 Å². The number of carbonyl (C=O) groups excluding carboxylic acids is 1. The molecule has 0 aliphatic carbocycles. The lowest BCUT2D eigenvalue weighted by molar-refractivity contribution is -0.115. The van der Waals surface area contributed by atoms with Crippen molar-refractivity contribution in [3.8, 4) is 17.5 Å². The van der Waals surface area contributed by atoms with Crippen LogP contribution in [-0.4, -0.2) is 26.4 Å². The van der Waals surface area contributed by atoms with E-state index in [1.165, 1.54) is 17.3 Å². The van der Waals surface area contributed by atoms with Crippen molar-refractivity contribution < 1.29 is 4.79 Å². The van der Waals surface area contributed by atoms with Crippen LogP contribution in [0.25, 0.3) is 11.4 Å². The predicted molar refractivity (Wildman–Crippen MR) is 111 cm³/mol. The molecular formula is C21H21N5OS. The van der Waals surface area contributed by atoms with Gasteiger partial charge in [-0.1, -0.05) is 47.7 Å². The summed E-state index contributed by atoms with van der Waals surface area (Å²) in [4.78, 5) is 12.2. The van der Waals surface area contributed by atoms with E-state index in [-0.39, 0.29) is 5.91 Å². The number of para-hydroxylation sites is 1. The Balaban J connectivity index is 1.62. The van der Waals surface area contributed by atoms with Crippen LogP contribution in [0.2, 0.25) is 0 Å². The van der Waals surface area contributed by atoms with E-state index in [9.17, 15) is 4.79 Å². The number of carbonyl (C=O) groups is 1. The smallest absolute Gasteiger partial charge is 0.225 e. The molecule has 0 aliphatic rings. The van der Waals surface area contributed by atoms with E-state index in [0.717, 1.165) is 23.1 Å². The molecule has 0 bridgehead atoms. The number of amides is 1. The van der Waals surface area contributed by atoms with Gasteiger partial charge in [0.05, 0.1) is 11.3 Å². The minimum absolute atomic E-state index is 0.128. The van der Waals surface area contributed by atoms with E-state index in [1.54, 1.807) is 24.3 Å². The van der Waals surface area contributed by atoms with Gasteiger partial charge in [0, 0.05) is 24.3 Å². The third-order valence-electron chi connectivity index (χ3n) is 4.19. The number of nitrogens with zero attached hydrogens (tertiary/aromatic N) is 4. The number of aromatic nitrogens is 3.